The third-order valence-corrected chi connectivity index (χ3v) is 10.5. The predicted octanol–water partition coefficient (Wildman–Crippen LogP) is 12.3. The van der Waals surface area contributed by atoms with Gasteiger partial charge in [-0.25, -0.2) is 9.97 Å². The maximum Gasteiger partial charge on any atom is 0.165 e. The molecule has 3 heterocycles. The Morgan fingerprint density at radius 1 is 0.327 bits per heavy atom. The third-order valence-electron chi connectivity index (χ3n) is 10.5. The Kier molecular flexibility index (Phi) is 6.22. The van der Waals surface area contributed by atoms with Gasteiger partial charge < -0.3 is 4.57 Å². The molecule has 0 spiro atoms. The van der Waals surface area contributed by atoms with E-state index in [1.165, 1.54) is 37.8 Å². The minimum absolute atomic E-state index is 0.813. The molecule has 0 bridgehead atoms. The van der Waals surface area contributed by atoms with Gasteiger partial charge >= 0.3 is 0 Å². The summed E-state index contributed by atoms with van der Waals surface area (Å²) in [6.07, 6.45) is 0. The van der Waals surface area contributed by atoms with Crippen LogP contribution in [0.1, 0.15) is 0 Å². The van der Waals surface area contributed by atoms with E-state index in [1.54, 1.807) is 0 Å². The fourth-order valence-corrected chi connectivity index (χ4v) is 8.06. The van der Waals surface area contributed by atoms with E-state index in [9.17, 15) is 0 Å². The molecule has 52 heavy (non-hydrogen) atoms. The maximum atomic E-state index is 5.53. The van der Waals surface area contributed by atoms with E-state index in [-0.39, 0.29) is 0 Å². The SMILES string of the molecule is c1ccc(-c2ccc3nc(-n4c5ccccc5c5cc6ccccc6cc54)c(-c4ccc5c(c4)c4ccccc4n5-c4ccccc4)nc3c2)cc1. The van der Waals surface area contributed by atoms with E-state index in [0.29, 0.717) is 0 Å². The van der Waals surface area contributed by atoms with Gasteiger partial charge in [-0.05, 0) is 82.6 Å². The largest absolute Gasteiger partial charge is 0.309 e. The Labute approximate surface area is 299 Å². The monoisotopic (exact) mass is 662 g/mol. The highest BCUT2D eigenvalue weighted by atomic mass is 15.1. The van der Waals surface area contributed by atoms with E-state index in [1.807, 2.05) is 0 Å². The third kappa shape index (κ3) is 4.34. The van der Waals surface area contributed by atoms with Gasteiger partial charge in [0, 0.05) is 32.8 Å². The summed E-state index contributed by atoms with van der Waals surface area (Å²) < 4.78 is 4.67. The van der Waals surface area contributed by atoms with Crippen LogP contribution in [0.15, 0.2) is 182 Å². The van der Waals surface area contributed by atoms with Gasteiger partial charge in [-0.3, -0.25) is 4.57 Å². The average molecular weight is 663 g/mol. The van der Waals surface area contributed by atoms with Gasteiger partial charge in [0.25, 0.3) is 0 Å². The van der Waals surface area contributed by atoms with Crippen molar-refractivity contribution in [3.05, 3.63) is 182 Å². The highest BCUT2D eigenvalue weighted by Gasteiger charge is 2.21. The Balaban J connectivity index is 1.24. The molecule has 0 amide bonds. The molecule has 0 saturated carbocycles. The van der Waals surface area contributed by atoms with Crippen LogP contribution < -0.4 is 0 Å². The minimum Gasteiger partial charge on any atom is -0.309 e. The highest BCUT2D eigenvalue weighted by molar-refractivity contribution is 6.14. The normalized spacial score (nSPS) is 11.8. The molecule has 0 atom stereocenters. The fourth-order valence-electron chi connectivity index (χ4n) is 8.06. The molecule has 0 radical (unpaired) electrons. The Morgan fingerprint density at radius 3 is 1.69 bits per heavy atom. The zero-order chi connectivity index (χ0) is 34.2. The fraction of sp³-hybridized carbons (Fsp3) is 0. The summed E-state index contributed by atoms with van der Waals surface area (Å²) in [5.74, 6) is 0.813. The second kappa shape index (κ2) is 11.2. The Bertz CT molecular complexity index is 3170. The zero-order valence-corrected chi connectivity index (χ0v) is 28.1. The number of benzene rings is 8. The van der Waals surface area contributed by atoms with Gasteiger partial charge in [-0.15, -0.1) is 0 Å². The molecule has 11 rings (SSSR count). The van der Waals surface area contributed by atoms with E-state index in [2.05, 4.69) is 191 Å². The number of hydrogen-bond donors (Lipinski definition) is 0. The quantitative estimate of drug-likeness (QED) is 0.188. The van der Waals surface area contributed by atoms with Crippen LogP contribution in [0.25, 0.3) is 99.3 Å². The molecule has 8 aromatic carbocycles. The van der Waals surface area contributed by atoms with Crippen molar-refractivity contribution in [1.29, 1.82) is 0 Å². The van der Waals surface area contributed by atoms with Gasteiger partial charge in [0.2, 0.25) is 0 Å². The van der Waals surface area contributed by atoms with Gasteiger partial charge in [-0.1, -0.05) is 121 Å². The standard InChI is InChI=1S/C48H30N4/c1-3-13-31(14-4-1)34-23-25-41-42(29-34)49-47(35-24-26-45-39(28-35)37-19-9-11-21-43(37)51(45)36-17-5-2-6-18-36)48(50-41)52-44-22-12-10-20-38(44)40-27-32-15-7-8-16-33(32)30-46(40)52/h1-30H. The molecule has 4 nitrogen and oxygen atoms in total. The first-order valence-corrected chi connectivity index (χ1v) is 17.7. The number of aromatic nitrogens is 4. The van der Waals surface area contributed by atoms with Crippen molar-refractivity contribution < 1.29 is 0 Å². The van der Waals surface area contributed by atoms with Crippen molar-refractivity contribution in [2.75, 3.05) is 0 Å². The second-order valence-electron chi connectivity index (χ2n) is 13.5. The number of para-hydroxylation sites is 3. The van der Waals surface area contributed by atoms with Crippen LogP contribution in [-0.2, 0) is 0 Å². The molecule has 242 valence electrons. The van der Waals surface area contributed by atoms with E-state index in [4.69, 9.17) is 9.97 Å². The van der Waals surface area contributed by atoms with Crippen molar-refractivity contribution in [2.45, 2.75) is 0 Å². The van der Waals surface area contributed by atoms with E-state index < -0.39 is 0 Å². The minimum atomic E-state index is 0.813. The summed E-state index contributed by atoms with van der Waals surface area (Å²) in [6, 6.07) is 64.8. The first kappa shape index (κ1) is 28.8. The van der Waals surface area contributed by atoms with Crippen LogP contribution in [0.5, 0.6) is 0 Å². The lowest BCUT2D eigenvalue weighted by Gasteiger charge is -2.15. The topological polar surface area (TPSA) is 35.6 Å². The van der Waals surface area contributed by atoms with Gasteiger partial charge in [0.15, 0.2) is 5.82 Å². The van der Waals surface area contributed by atoms with Crippen LogP contribution in [0.3, 0.4) is 0 Å². The first-order valence-electron chi connectivity index (χ1n) is 17.7. The van der Waals surface area contributed by atoms with Crippen LogP contribution in [0, 0.1) is 0 Å². The van der Waals surface area contributed by atoms with Crippen LogP contribution in [0.2, 0.25) is 0 Å². The van der Waals surface area contributed by atoms with E-state index in [0.717, 1.165) is 61.5 Å². The summed E-state index contributed by atoms with van der Waals surface area (Å²) in [4.78, 5) is 11.0. The molecule has 0 N–H and O–H groups in total. The van der Waals surface area contributed by atoms with Crippen molar-refractivity contribution in [1.82, 2.24) is 19.1 Å². The molecule has 0 aliphatic rings. The Hall–Kier alpha value is -7.04. The van der Waals surface area contributed by atoms with Crippen molar-refractivity contribution >= 4 is 65.4 Å². The summed E-state index contributed by atoms with van der Waals surface area (Å²) in [5.41, 5.74) is 11.5. The molecular weight excluding hydrogens is 633 g/mol. The van der Waals surface area contributed by atoms with Crippen LogP contribution in [-0.4, -0.2) is 19.1 Å². The van der Waals surface area contributed by atoms with E-state index >= 15 is 0 Å². The van der Waals surface area contributed by atoms with Gasteiger partial charge in [-0.2, -0.15) is 0 Å². The second-order valence-corrected chi connectivity index (χ2v) is 13.5. The van der Waals surface area contributed by atoms with Gasteiger partial charge in [0.05, 0.1) is 33.1 Å². The lowest BCUT2D eigenvalue weighted by atomic mass is 10.0. The summed E-state index contributed by atoms with van der Waals surface area (Å²) in [7, 11) is 0. The lowest BCUT2D eigenvalue weighted by Crippen LogP contribution is -2.04. The zero-order valence-electron chi connectivity index (χ0n) is 28.1. The number of nitrogens with zero attached hydrogens (tertiary/aromatic N) is 4. The summed E-state index contributed by atoms with van der Waals surface area (Å²) in [6.45, 7) is 0. The molecule has 0 fully saturated rings. The van der Waals surface area contributed by atoms with Crippen molar-refractivity contribution in [3.8, 4) is 33.9 Å². The summed E-state index contributed by atoms with van der Waals surface area (Å²) in [5, 5.41) is 7.18. The molecule has 11 aromatic rings. The van der Waals surface area contributed by atoms with Crippen molar-refractivity contribution in [2.24, 2.45) is 0 Å². The average Bonchev–Trinajstić information content (AvgIpc) is 3.72. The summed E-state index contributed by atoms with van der Waals surface area (Å²) >= 11 is 0. The molecule has 0 saturated heterocycles. The smallest absolute Gasteiger partial charge is 0.165 e. The molecule has 4 heteroatoms. The molecule has 0 unspecified atom stereocenters. The predicted molar refractivity (Wildman–Crippen MR) is 217 cm³/mol. The molecule has 3 aromatic heterocycles. The van der Waals surface area contributed by atoms with Crippen LogP contribution >= 0.6 is 0 Å². The first-order chi connectivity index (χ1) is 25.8. The maximum absolute atomic E-state index is 5.53. The van der Waals surface area contributed by atoms with Crippen molar-refractivity contribution in [3.63, 3.8) is 0 Å². The van der Waals surface area contributed by atoms with Crippen LogP contribution in [0.4, 0.5) is 0 Å². The molecule has 0 aliphatic carbocycles. The Morgan fingerprint density at radius 2 is 0.923 bits per heavy atom. The molecule has 0 aliphatic heterocycles. The lowest BCUT2D eigenvalue weighted by molar-refractivity contribution is 1.08. The molecular formula is C48H30N4. The highest BCUT2D eigenvalue weighted by Crippen LogP contribution is 2.40. The number of fused-ring (bicyclic) bond motifs is 8. The number of hydrogen-bond acceptors (Lipinski definition) is 2. The van der Waals surface area contributed by atoms with Gasteiger partial charge in [0.1, 0.15) is 5.69 Å². The number of rotatable bonds is 4.